The van der Waals surface area contributed by atoms with Crippen molar-refractivity contribution in [3.63, 3.8) is 0 Å². The first-order valence-corrected chi connectivity index (χ1v) is 9.22. The summed E-state index contributed by atoms with van der Waals surface area (Å²) >= 11 is 0. The summed E-state index contributed by atoms with van der Waals surface area (Å²) in [5.41, 5.74) is -0.587. The van der Waals surface area contributed by atoms with Crippen LogP contribution in [0, 0.1) is 5.92 Å². The normalized spacial score (nSPS) is 19.6. The van der Waals surface area contributed by atoms with Gasteiger partial charge >= 0.3 is 6.09 Å². The molecule has 7 nitrogen and oxygen atoms in total. The van der Waals surface area contributed by atoms with E-state index in [1.165, 1.54) is 0 Å². The zero-order chi connectivity index (χ0) is 19.0. The summed E-state index contributed by atoms with van der Waals surface area (Å²) in [5.74, 6) is 0.157. The molecule has 1 aliphatic heterocycles. The highest BCUT2D eigenvalue weighted by molar-refractivity contribution is 5.85. The maximum absolute atomic E-state index is 12.5. The second-order valence-corrected chi connectivity index (χ2v) is 7.78. The molecule has 0 aromatic rings. The molecule has 146 valence electrons. The van der Waals surface area contributed by atoms with Gasteiger partial charge in [-0.1, -0.05) is 20.3 Å². The Kier molecular flexibility index (Phi) is 8.65. The molecule has 7 heteroatoms. The fourth-order valence-corrected chi connectivity index (χ4v) is 2.57. The Morgan fingerprint density at radius 1 is 1.16 bits per heavy atom. The Hall–Kier alpha value is -1.34. The maximum atomic E-state index is 12.5. The Balaban J connectivity index is 2.56. The molecule has 1 heterocycles. The van der Waals surface area contributed by atoms with Crippen LogP contribution in [0.2, 0.25) is 0 Å². The predicted molar refractivity (Wildman–Crippen MR) is 97.5 cm³/mol. The Bertz CT molecular complexity index is 431. The molecule has 1 rings (SSSR count). The van der Waals surface area contributed by atoms with Crippen LogP contribution in [-0.4, -0.2) is 67.4 Å². The van der Waals surface area contributed by atoms with Crippen LogP contribution >= 0.6 is 0 Å². The van der Waals surface area contributed by atoms with Crippen molar-refractivity contribution in [3.8, 4) is 0 Å². The molecule has 0 bridgehead atoms. The van der Waals surface area contributed by atoms with E-state index >= 15 is 0 Å². The minimum Gasteiger partial charge on any atom is -0.444 e. The summed E-state index contributed by atoms with van der Waals surface area (Å²) in [6.07, 6.45) is 0.395. The van der Waals surface area contributed by atoms with E-state index in [0.717, 1.165) is 39.3 Å². The number of amides is 2. The molecular weight excluding hydrogens is 322 g/mol. The van der Waals surface area contributed by atoms with E-state index in [1.54, 1.807) is 27.7 Å². The topological polar surface area (TPSA) is 79.9 Å². The number of hydrogen-bond donors (Lipinski definition) is 2. The molecule has 1 fully saturated rings. The van der Waals surface area contributed by atoms with Crippen LogP contribution < -0.4 is 10.6 Å². The first-order chi connectivity index (χ1) is 11.6. The molecule has 0 aromatic carbocycles. The molecule has 0 spiro atoms. The first-order valence-electron chi connectivity index (χ1n) is 9.22. The molecule has 1 saturated heterocycles. The fraction of sp³-hybridized carbons (Fsp3) is 0.889. The molecule has 1 aliphatic rings. The third-order valence-electron chi connectivity index (χ3n) is 4.34. The van der Waals surface area contributed by atoms with E-state index in [-0.39, 0.29) is 11.9 Å². The molecular formula is C18H35N3O4. The zero-order valence-corrected chi connectivity index (χ0v) is 16.6. The monoisotopic (exact) mass is 357 g/mol. The molecule has 0 radical (unpaired) electrons. The van der Waals surface area contributed by atoms with Crippen LogP contribution in [0.15, 0.2) is 0 Å². The molecule has 2 N–H and O–H groups in total. The van der Waals surface area contributed by atoms with E-state index in [1.807, 2.05) is 0 Å². The van der Waals surface area contributed by atoms with Gasteiger partial charge in [0.1, 0.15) is 11.6 Å². The molecule has 0 saturated carbocycles. The highest BCUT2D eigenvalue weighted by atomic mass is 16.6. The van der Waals surface area contributed by atoms with Gasteiger partial charge in [0.05, 0.1) is 13.2 Å². The van der Waals surface area contributed by atoms with E-state index in [4.69, 9.17) is 9.47 Å². The van der Waals surface area contributed by atoms with Crippen LogP contribution in [0.25, 0.3) is 0 Å². The van der Waals surface area contributed by atoms with Crippen molar-refractivity contribution in [2.45, 2.75) is 65.6 Å². The SMILES string of the molecule is CC[C@H](C)[C@@H](CN1CCOCC1)NC(=O)[C@H](C)NC(=O)OC(C)(C)C. The van der Waals surface area contributed by atoms with Crippen molar-refractivity contribution in [1.82, 2.24) is 15.5 Å². The van der Waals surface area contributed by atoms with E-state index < -0.39 is 17.7 Å². The number of hydrogen-bond acceptors (Lipinski definition) is 5. The first kappa shape index (κ1) is 21.7. The van der Waals surface area contributed by atoms with Crippen LogP contribution in [0.4, 0.5) is 4.79 Å². The number of nitrogens with one attached hydrogen (secondary N) is 2. The largest absolute Gasteiger partial charge is 0.444 e. The number of rotatable bonds is 7. The van der Waals surface area contributed by atoms with E-state index in [9.17, 15) is 9.59 Å². The summed E-state index contributed by atoms with van der Waals surface area (Å²) in [6.45, 7) is 15.3. The van der Waals surface area contributed by atoms with Gasteiger partial charge in [0.25, 0.3) is 0 Å². The lowest BCUT2D eigenvalue weighted by Gasteiger charge is -2.34. The lowest BCUT2D eigenvalue weighted by Crippen LogP contribution is -2.54. The van der Waals surface area contributed by atoms with Crippen molar-refractivity contribution in [2.24, 2.45) is 5.92 Å². The van der Waals surface area contributed by atoms with Crippen LogP contribution in [-0.2, 0) is 14.3 Å². The van der Waals surface area contributed by atoms with Gasteiger partial charge in [-0.15, -0.1) is 0 Å². The molecule has 25 heavy (non-hydrogen) atoms. The third kappa shape index (κ3) is 8.54. The number of morpholine rings is 1. The van der Waals surface area contributed by atoms with Gasteiger partial charge in [0.2, 0.25) is 5.91 Å². The van der Waals surface area contributed by atoms with Crippen molar-refractivity contribution in [3.05, 3.63) is 0 Å². The number of ether oxygens (including phenoxy) is 2. The number of nitrogens with zero attached hydrogens (tertiary/aromatic N) is 1. The summed E-state index contributed by atoms with van der Waals surface area (Å²) in [7, 11) is 0. The molecule has 2 amide bonds. The Labute approximate surface area is 151 Å². The van der Waals surface area contributed by atoms with Gasteiger partial charge in [0, 0.05) is 25.7 Å². The lowest BCUT2D eigenvalue weighted by molar-refractivity contribution is -0.124. The third-order valence-corrected chi connectivity index (χ3v) is 4.34. The number of carbonyl (C=O) groups excluding carboxylic acids is 2. The van der Waals surface area contributed by atoms with Crippen molar-refractivity contribution >= 4 is 12.0 Å². The predicted octanol–water partition coefficient (Wildman–Crippen LogP) is 1.76. The molecule has 3 atom stereocenters. The number of carbonyl (C=O) groups is 2. The van der Waals surface area contributed by atoms with Crippen molar-refractivity contribution in [2.75, 3.05) is 32.8 Å². The molecule has 0 aromatic heterocycles. The minimum atomic E-state index is -0.647. The Morgan fingerprint density at radius 3 is 2.28 bits per heavy atom. The van der Waals surface area contributed by atoms with Crippen molar-refractivity contribution < 1.29 is 19.1 Å². The second-order valence-electron chi connectivity index (χ2n) is 7.78. The standard InChI is InChI=1S/C18H35N3O4/c1-7-13(2)15(12-21-8-10-24-11-9-21)20-16(22)14(3)19-17(23)25-18(4,5)6/h13-15H,7-12H2,1-6H3,(H,19,23)(H,20,22)/t13-,14-,15+/m0/s1. The number of alkyl carbamates (subject to hydrolysis) is 1. The summed E-state index contributed by atoms with van der Waals surface area (Å²) in [6, 6.07) is -0.607. The Morgan fingerprint density at radius 2 is 1.76 bits per heavy atom. The van der Waals surface area contributed by atoms with Gasteiger partial charge in [0.15, 0.2) is 0 Å². The van der Waals surface area contributed by atoms with Crippen LogP contribution in [0.1, 0.15) is 48.0 Å². The molecule has 0 aliphatic carbocycles. The quantitative estimate of drug-likeness (QED) is 0.726. The van der Waals surface area contributed by atoms with Crippen LogP contribution in [0.3, 0.4) is 0 Å². The van der Waals surface area contributed by atoms with Crippen LogP contribution in [0.5, 0.6) is 0 Å². The van der Waals surface area contributed by atoms with Crippen molar-refractivity contribution in [1.29, 1.82) is 0 Å². The van der Waals surface area contributed by atoms with Gasteiger partial charge in [-0.3, -0.25) is 9.69 Å². The van der Waals surface area contributed by atoms with Gasteiger partial charge in [-0.2, -0.15) is 0 Å². The van der Waals surface area contributed by atoms with E-state index in [0.29, 0.717) is 5.92 Å². The highest BCUT2D eigenvalue weighted by Crippen LogP contribution is 2.11. The van der Waals surface area contributed by atoms with Gasteiger partial charge < -0.3 is 20.1 Å². The molecule has 0 unspecified atom stereocenters. The summed E-state index contributed by atoms with van der Waals surface area (Å²) < 4.78 is 10.6. The smallest absolute Gasteiger partial charge is 0.408 e. The second kappa shape index (κ2) is 9.97. The lowest BCUT2D eigenvalue weighted by atomic mass is 9.98. The summed E-state index contributed by atoms with van der Waals surface area (Å²) in [5, 5.41) is 5.69. The van der Waals surface area contributed by atoms with Gasteiger partial charge in [-0.05, 0) is 33.6 Å². The van der Waals surface area contributed by atoms with E-state index in [2.05, 4.69) is 29.4 Å². The zero-order valence-electron chi connectivity index (χ0n) is 16.6. The highest BCUT2D eigenvalue weighted by Gasteiger charge is 2.26. The van der Waals surface area contributed by atoms with Gasteiger partial charge in [-0.25, -0.2) is 4.79 Å². The summed E-state index contributed by atoms with van der Waals surface area (Å²) in [4.78, 5) is 26.6. The fourth-order valence-electron chi connectivity index (χ4n) is 2.57. The average molecular weight is 357 g/mol. The maximum Gasteiger partial charge on any atom is 0.408 e. The minimum absolute atomic E-state index is 0.0403. The average Bonchev–Trinajstić information content (AvgIpc) is 2.52.